The number of carbonyl (C=O) groups is 3. The number of aliphatic carboxylic acids is 1. The van der Waals surface area contributed by atoms with Gasteiger partial charge in [0.15, 0.2) is 0 Å². The molecule has 1 aromatic carbocycles. The quantitative estimate of drug-likeness (QED) is 0.206. The van der Waals surface area contributed by atoms with E-state index in [1.807, 2.05) is 5.43 Å². The van der Waals surface area contributed by atoms with Gasteiger partial charge in [0.2, 0.25) is 5.91 Å². The van der Waals surface area contributed by atoms with E-state index < -0.39 is 29.9 Å². The van der Waals surface area contributed by atoms with Gasteiger partial charge in [0.25, 0.3) is 5.91 Å². The Kier molecular flexibility index (Phi) is 5.17. The van der Waals surface area contributed by atoms with Crippen molar-refractivity contribution in [1.29, 1.82) is 0 Å². The molecule has 1 fully saturated rings. The monoisotopic (exact) mass is 335 g/mol. The predicted octanol–water partition coefficient (Wildman–Crippen LogP) is -0.945. The van der Waals surface area contributed by atoms with Gasteiger partial charge in [-0.25, -0.2) is 10.6 Å². The van der Waals surface area contributed by atoms with E-state index in [0.717, 1.165) is 11.0 Å². The summed E-state index contributed by atoms with van der Waals surface area (Å²) in [5.74, 6) is 2.30. The zero-order valence-corrected chi connectivity index (χ0v) is 12.5. The van der Waals surface area contributed by atoms with Crippen molar-refractivity contribution in [3.05, 3.63) is 35.4 Å². The smallest absolute Gasteiger partial charge is 0.326 e. The van der Waals surface area contributed by atoms with Gasteiger partial charge in [0, 0.05) is 19.0 Å². The summed E-state index contributed by atoms with van der Waals surface area (Å²) in [6, 6.07) is 3.00. The molecule has 2 unspecified atom stereocenters. The number of aliphatic hydroxyl groups is 1. The second-order valence-corrected chi connectivity index (χ2v) is 5.32. The van der Waals surface area contributed by atoms with Crippen LogP contribution in [0.3, 0.4) is 0 Å². The number of carboxylic acids is 1. The summed E-state index contributed by atoms with van der Waals surface area (Å²) in [5.41, 5.74) is 2.26. The zero-order valence-electron chi connectivity index (χ0n) is 12.5. The molecule has 0 bridgehead atoms. The third-order valence-electron chi connectivity index (χ3n) is 3.66. The lowest BCUT2D eigenvalue weighted by atomic mass is 10.1. The minimum absolute atomic E-state index is 0.0189. The fourth-order valence-electron chi connectivity index (χ4n) is 2.47. The van der Waals surface area contributed by atoms with Crippen LogP contribution in [0.5, 0.6) is 5.75 Å². The Morgan fingerprint density at radius 2 is 2.04 bits per heavy atom. The topological polar surface area (TPSA) is 153 Å². The van der Waals surface area contributed by atoms with E-state index in [4.69, 9.17) is 10.9 Å². The molecule has 9 heteroatoms. The molecule has 0 aliphatic carbocycles. The summed E-state index contributed by atoms with van der Waals surface area (Å²) < 4.78 is 0. The standard InChI is InChI=1S/C15H17N3O6/c16-17-14(22)10-5-8(1-3-12(10)20)2-4-13(21)18-7-9(19)6-11(18)15(23)24/h1-5,9,11,19-20H,6-7,16H2,(H,17,22)(H,23,24)/b4-2+. The van der Waals surface area contributed by atoms with Gasteiger partial charge < -0.3 is 20.2 Å². The van der Waals surface area contributed by atoms with Crippen LogP contribution in [0.1, 0.15) is 22.3 Å². The highest BCUT2D eigenvalue weighted by Gasteiger charge is 2.37. The summed E-state index contributed by atoms with van der Waals surface area (Å²) in [4.78, 5) is 35.8. The molecular formula is C15H17N3O6. The van der Waals surface area contributed by atoms with Crippen LogP contribution in [0.15, 0.2) is 24.3 Å². The van der Waals surface area contributed by atoms with Crippen LogP contribution in [-0.4, -0.2) is 56.7 Å². The fourth-order valence-corrected chi connectivity index (χ4v) is 2.47. The van der Waals surface area contributed by atoms with E-state index >= 15 is 0 Å². The van der Waals surface area contributed by atoms with E-state index in [1.165, 1.54) is 24.3 Å². The van der Waals surface area contributed by atoms with Gasteiger partial charge in [-0.05, 0) is 23.8 Å². The van der Waals surface area contributed by atoms with Crippen molar-refractivity contribution in [3.8, 4) is 5.75 Å². The first-order valence-electron chi connectivity index (χ1n) is 7.07. The molecule has 0 spiro atoms. The lowest BCUT2D eigenvalue weighted by Gasteiger charge is -2.19. The van der Waals surface area contributed by atoms with Crippen LogP contribution in [0.2, 0.25) is 0 Å². The largest absolute Gasteiger partial charge is 0.507 e. The van der Waals surface area contributed by atoms with E-state index in [-0.39, 0.29) is 24.3 Å². The number of likely N-dealkylation sites (tertiary alicyclic amines) is 1. The average Bonchev–Trinajstić information content (AvgIpc) is 2.95. The van der Waals surface area contributed by atoms with E-state index in [2.05, 4.69) is 0 Å². The molecule has 2 amide bonds. The van der Waals surface area contributed by atoms with Crippen molar-refractivity contribution in [2.45, 2.75) is 18.6 Å². The number of hydrazine groups is 1. The van der Waals surface area contributed by atoms with Gasteiger partial charge in [0.1, 0.15) is 11.8 Å². The Morgan fingerprint density at radius 1 is 1.33 bits per heavy atom. The van der Waals surface area contributed by atoms with E-state index in [0.29, 0.717) is 5.56 Å². The summed E-state index contributed by atoms with van der Waals surface area (Å²) in [5, 5.41) is 28.2. The number of aliphatic hydroxyl groups excluding tert-OH is 1. The molecule has 24 heavy (non-hydrogen) atoms. The number of amides is 2. The highest BCUT2D eigenvalue weighted by Crippen LogP contribution is 2.21. The molecule has 2 rings (SSSR count). The maximum Gasteiger partial charge on any atom is 0.326 e. The first-order chi connectivity index (χ1) is 11.3. The molecule has 1 saturated heterocycles. The molecule has 6 N–H and O–H groups in total. The number of nitrogen functional groups attached to an aromatic ring is 1. The van der Waals surface area contributed by atoms with Crippen molar-refractivity contribution in [3.63, 3.8) is 0 Å². The first-order valence-corrected chi connectivity index (χ1v) is 7.07. The number of hydrogen-bond acceptors (Lipinski definition) is 6. The molecule has 9 nitrogen and oxygen atoms in total. The van der Waals surface area contributed by atoms with Crippen LogP contribution in [0.4, 0.5) is 0 Å². The van der Waals surface area contributed by atoms with Gasteiger partial charge in [-0.3, -0.25) is 15.0 Å². The highest BCUT2D eigenvalue weighted by atomic mass is 16.4. The number of rotatable bonds is 4. The summed E-state index contributed by atoms with van der Waals surface area (Å²) in [6.07, 6.45) is 1.62. The van der Waals surface area contributed by atoms with Crippen LogP contribution in [0, 0.1) is 0 Å². The first kappa shape index (κ1) is 17.4. The maximum atomic E-state index is 12.1. The lowest BCUT2D eigenvalue weighted by Crippen LogP contribution is -2.39. The molecule has 1 aliphatic rings. The Labute approximate surface area is 137 Å². The van der Waals surface area contributed by atoms with Gasteiger partial charge in [-0.1, -0.05) is 6.07 Å². The summed E-state index contributed by atoms with van der Waals surface area (Å²) in [6.45, 7) is -0.0590. The van der Waals surface area contributed by atoms with Crippen molar-refractivity contribution < 1.29 is 29.7 Å². The minimum Gasteiger partial charge on any atom is -0.507 e. The average molecular weight is 335 g/mol. The SMILES string of the molecule is NNC(=O)c1cc(/C=C/C(=O)N2CC(O)CC2C(=O)O)ccc1O. The number of nitrogens with two attached hydrogens (primary N) is 1. The Morgan fingerprint density at radius 3 is 2.67 bits per heavy atom. The van der Waals surface area contributed by atoms with Gasteiger partial charge in [0.05, 0.1) is 11.7 Å². The van der Waals surface area contributed by atoms with E-state index in [1.54, 1.807) is 0 Å². The minimum atomic E-state index is -1.18. The van der Waals surface area contributed by atoms with Gasteiger partial charge >= 0.3 is 5.97 Å². The molecule has 128 valence electrons. The number of aromatic hydroxyl groups is 1. The number of β-amino-alcohol motifs (C(OH)–C–C–N with tert-alkyl or cyclic N) is 1. The number of nitrogens with one attached hydrogen (secondary N) is 1. The molecule has 1 aliphatic heterocycles. The number of phenolic OH excluding ortho intramolecular Hbond substituents is 1. The van der Waals surface area contributed by atoms with Crippen LogP contribution >= 0.6 is 0 Å². The molecular weight excluding hydrogens is 318 g/mol. The van der Waals surface area contributed by atoms with Crippen molar-refractivity contribution in [1.82, 2.24) is 10.3 Å². The predicted molar refractivity (Wildman–Crippen MR) is 82.6 cm³/mol. The summed E-state index contributed by atoms with van der Waals surface area (Å²) >= 11 is 0. The second-order valence-electron chi connectivity index (χ2n) is 5.32. The molecule has 2 atom stereocenters. The van der Waals surface area contributed by atoms with E-state index in [9.17, 15) is 24.6 Å². The van der Waals surface area contributed by atoms with Crippen LogP contribution in [-0.2, 0) is 9.59 Å². The Hall–Kier alpha value is -2.91. The third-order valence-corrected chi connectivity index (χ3v) is 3.66. The molecule has 0 aromatic heterocycles. The number of phenols is 1. The number of benzene rings is 1. The Balaban J connectivity index is 2.17. The maximum absolute atomic E-state index is 12.1. The zero-order chi connectivity index (χ0) is 17.9. The number of nitrogens with zero attached hydrogens (tertiary/aromatic N) is 1. The molecule has 0 saturated carbocycles. The lowest BCUT2D eigenvalue weighted by molar-refractivity contribution is -0.146. The fraction of sp³-hybridized carbons (Fsp3) is 0.267. The molecule has 1 heterocycles. The van der Waals surface area contributed by atoms with Gasteiger partial charge in [-0.2, -0.15) is 0 Å². The normalized spacial score (nSPS) is 20.3. The number of carbonyl (C=O) groups excluding carboxylic acids is 2. The second kappa shape index (κ2) is 7.11. The third kappa shape index (κ3) is 3.70. The van der Waals surface area contributed by atoms with Crippen LogP contribution < -0.4 is 11.3 Å². The summed E-state index contributed by atoms with van der Waals surface area (Å²) in [7, 11) is 0. The molecule has 0 radical (unpaired) electrons. The van der Waals surface area contributed by atoms with Crippen molar-refractivity contribution in [2.24, 2.45) is 5.84 Å². The van der Waals surface area contributed by atoms with Crippen molar-refractivity contribution >= 4 is 23.9 Å². The van der Waals surface area contributed by atoms with Crippen LogP contribution in [0.25, 0.3) is 6.08 Å². The Bertz CT molecular complexity index is 702. The van der Waals surface area contributed by atoms with Crippen molar-refractivity contribution in [2.75, 3.05) is 6.54 Å². The van der Waals surface area contributed by atoms with Gasteiger partial charge in [-0.15, -0.1) is 0 Å². The number of carboxylic acid groups (broad SMARTS) is 1. The highest BCUT2D eigenvalue weighted by molar-refractivity contribution is 5.98. The number of hydrogen-bond donors (Lipinski definition) is 5. The molecule has 1 aromatic rings.